The molecular weight excluding hydrogens is 288 g/mol. The molecule has 0 amide bonds. The topological polar surface area (TPSA) is 24.4 Å². The Labute approximate surface area is 130 Å². The van der Waals surface area contributed by atoms with Gasteiger partial charge in [-0.3, -0.25) is 4.99 Å². The molecule has 20 heavy (non-hydrogen) atoms. The van der Waals surface area contributed by atoms with E-state index in [1.165, 1.54) is 21.6 Å². The van der Waals surface area contributed by atoms with Crippen molar-refractivity contribution in [2.45, 2.75) is 13.3 Å². The summed E-state index contributed by atoms with van der Waals surface area (Å²) in [6, 6.07) is 0. The van der Waals surface area contributed by atoms with E-state index in [1.807, 2.05) is 31.2 Å². The number of hydrogen-bond donors (Lipinski definition) is 1. The Balaban J connectivity index is 2.23. The van der Waals surface area contributed by atoms with Crippen LogP contribution in [0.2, 0.25) is 0 Å². The van der Waals surface area contributed by atoms with E-state index in [0.717, 1.165) is 17.9 Å². The number of thioether (sulfide) groups is 1. The predicted octanol–water partition coefficient (Wildman–Crippen LogP) is 4.19. The molecule has 2 rings (SSSR count). The smallest absolute Gasteiger partial charge is 0.0621 e. The van der Waals surface area contributed by atoms with E-state index in [2.05, 4.69) is 41.5 Å². The maximum atomic E-state index is 5.85. The molecule has 0 aromatic carbocycles. The fourth-order valence-electron chi connectivity index (χ4n) is 2.03. The molecule has 2 aliphatic heterocycles. The summed E-state index contributed by atoms with van der Waals surface area (Å²) < 4.78 is 0. The lowest BCUT2D eigenvalue weighted by atomic mass is 10.1. The highest BCUT2D eigenvalue weighted by atomic mass is 35.5. The van der Waals surface area contributed by atoms with E-state index < -0.39 is 0 Å². The van der Waals surface area contributed by atoms with Gasteiger partial charge in [0, 0.05) is 41.4 Å². The van der Waals surface area contributed by atoms with Crippen LogP contribution in [0, 0.1) is 0 Å². The average molecular weight is 307 g/mol. The van der Waals surface area contributed by atoms with Crippen LogP contribution in [-0.4, -0.2) is 24.9 Å². The third kappa shape index (κ3) is 3.68. The van der Waals surface area contributed by atoms with Gasteiger partial charge in [-0.15, -0.1) is 23.4 Å². The molecule has 0 saturated heterocycles. The lowest BCUT2D eigenvalue weighted by Crippen LogP contribution is -2.06. The summed E-state index contributed by atoms with van der Waals surface area (Å²) in [5.74, 6) is 1.52. The van der Waals surface area contributed by atoms with Gasteiger partial charge >= 0.3 is 0 Å². The summed E-state index contributed by atoms with van der Waals surface area (Å²) in [4.78, 5) is 5.62. The molecule has 0 unspecified atom stereocenters. The van der Waals surface area contributed by atoms with Gasteiger partial charge in [0.25, 0.3) is 0 Å². The quantitative estimate of drug-likeness (QED) is 0.788. The van der Waals surface area contributed by atoms with E-state index in [0.29, 0.717) is 5.88 Å². The van der Waals surface area contributed by atoms with Crippen LogP contribution in [-0.2, 0) is 0 Å². The van der Waals surface area contributed by atoms with Crippen molar-refractivity contribution in [3.05, 3.63) is 57.8 Å². The maximum absolute atomic E-state index is 5.85. The number of aliphatic imine (C=N–C) groups is 1. The molecule has 106 valence electrons. The molecule has 1 N–H and O–H groups in total. The normalized spacial score (nSPS) is 21.4. The van der Waals surface area contributed by atoms with Crippen LogP contribution in [0.1, 0.15) is 13.3 Å². The van der Waals surface area contributed by atoms with Crippen LogP contribution in [0.4, 0.5) is 0 Å². The third-order valence-electron chi connectivity index (χ3n) is 3.29. The van der Waals surface area contributed by atoms with Gasteiger partial charge in [-0.2, -0.15) is 0 Å². The molecule has 0 aromatic rings. The highest BCUT2D eigenvalue weighted by molar-refractivity contribution is 8.03. The molecule has 2 nitrogen and oxygen atoms in total. The number of hydrogen-bond acceptors (Lipinski definition) is 3. The van der Waals surface area contributed by atoms with Crippen molar-refractivity contribution in [3.63, 3.8) is 0 Å². The van der Waals surface area contributed by atoms with Gasteiger partial charge in [-0.25, -0.2) is 0 Å². The van der Waals surface area contributed by atoms with Crippen molar-refractivity contribution in [1.82, 2.24) is 5.32 Å². The first-order valence-electron chi connectivity index (χ1n) is 6.62. The molecule has 0 aromatic heterocycles. The van der Waals surface area contributed by atoms with Crippen molar-refractivity contribution in [3.8, 4) is 0 Å². The molecule has 2 aliphatic rings. The van der Waals surface area contributed by atoms with Gasteiger partial charge < -0.3 is 5.32 Å². The summed E-state index contributed by atoms with van der Waals surface area (Å²) in [6.07, 6.45) is 13.3. The molecule has 0 spiro atoms. The summed E-state index contributed by atoms with van der Waals surface area (Å²) >= 11 is 7.73. The van der Waals surface area contributed by atoms with Gasteiger partial charge in [0.15, 0.2) is 0 Å². The van der Waals surface area contributed by atoms with Crippen molar-refractivity contribution in [1.29, 1.82) is 0 Å². The summed E-state index contributed by atoms with van der Waals surface area (Å²) in [7, 11) is 1.89. The number of nitrogens with zero attached hydrogens (tertiary/aromatic N) is 1. The zero-order valence-corrected chi connectivity index (χ0v) is 13.4. The molecule has 0 aliphatic carbocycles. The van der Waals surface area contributed by atoms with Crippen LogP contribution in [0.15, 0.2) is 62.8 Å². The second-order valence-electron chi connectivity index (χ2n) is 4.57. The SMILES string of the molecule is CN/C(=C\C=C1/CSC(C2=CCC=CN=C2)=C1C)CCl. The monoisotopic (exact) mass is 306 g/mol. The lowest BCUT2D eigenvalue weighted by Gasteiger charge is -2.03. The zero-order valence-electron chi connectivity index (χ0n) is 11.8. The third-order valence-corrected chi connectivity index (χ3v) is 4.86. The fourth-order valence-corrected chi connectivity index (χ4v) is 3.51. The second-order valence-corrected chi connectivity index (χ2v) is 5.82. The first kappa shape index (κ1) is 15.2. The first-order chi connectivity index (χ1) is 9.76. The Morgan fingerprint density at radius 2 is 2.40 bits per heavy atom. The van der Waals surface area contributed by atoms with Gasteiger partial charge in [-0.05, 0) is 30.6 Å². The second kappa shape index (κ2) is 7.55. The van der Waals surface area contributed by atoms with Gasteiger partial charge in [-0.1, -0.05) is 18.2 Å². The van der Waals surface area contributed by atoms with Crippen molar-refractivity contribution >= 4 is 29.6 Å². The van der Waals surface area contributed by atoms with Gasteiger partial charge in [0.05, 0.1) is 5.88 Å². The highest BCUT2D eigenvalue weighted by Gasteiger charge is 2.18. The van der Waals surface area contributed by atoms with Crippen LogP contribution < -0.4 is 5.32 Å². The maximum Gasteiger partial charge on any atom is 0.0621 e. The number of allylic oxidation sites excluding steroid dienone is 7. The minimum atomic E-state index is 0.506. The van der Waals surface area contributed by atoms with E-state index in [9.17, 15) is 0 Å². The zero-order chi connectivity index (χ0) is 14.4. The standard InChI is InChI=1S/C16H19ClN2S/c1-12-14(6-7-15(9-17)18-2)11-20-16(12)13-5-3-4-8-19-10-13/h4-8,10,18H,3,9,11H2,1-2H3/b14-6+,15-7-. The number of alkyl halides is 1. The van der Waals surface area contributed by atoms with Crippen molar-refractivity contribution < 1.29 is 0 Å². The molecule has 0 atom stereocenters. The van der Waals surface area contributed by atoms with Gasteiger partial charge in [0.2, 0.25) is 0 Å². The molecule has 0 bridgehead atoms. The number of rotatable bonds is 4. The summed E-state index contributed by atoms with van der Waals surface area (Å²) in [5.41, 5.74) is 4.96. The van der Waals surface area contributed by atoms with Crippen molar-refractivity contribution in [2.75, 3.05) is 18.7 Å². The minimum absolute atomic E-state index is 0.506. The molecule has 0 radical (unpaired) electrons. The van der Waals surface area contributed by atoms with Crippen LogP contribution >= 0.6 is 23.4 Å². The minimum Gasteiger partial charge on any atom is -0.390 e. The first-order valence-corrected chi connectivity index (χ1v) is 8.14. The summed E-state index contributed by atoms with van der Waals surface area (Å²) in [5, 5.41) is 3.09. The van der Waals surface area contributed by atoms with Gasteiger partial charge in [0.1, 0.15) is 0 Å². The van der Waals surface area contributed by atoms with Crippen LogP contribution in [0.3, 0.4) is 0 Å². The fraction of sp³-hybridized carbons (Fsp3) is 0.312. The van der Waals surface area contributed by atoms with Crippen LogP contribution in [0.25, 0.3) is 0 Å². The average Bonchev–Trinajstić information content (AvgIpc) is 2.69. The molecule has 2 heterocycles. The summed E-state index contributed by atoms with van der Waals surface area (Å²) in [6.45, 7) is 2.18. The Hall–Kier alpha value is -1.19. The van der Waals surface area contributed by atoms with E-state index in [1.54, 1.807) is 0 Å². The molecule has 4 heteroatoms. The van der Waals surface area contributed by atoms with E-state index in [4.69, 9.17) is 11.6 Å². The van der Waals surface area contributed by atoms with E-state index >= 15 is 0 Å². The van der Waals surface area contributed by atoms with Crippen LogP contribution in [0.5, 0.6) is 0 Å². The van der Waals surface area contributed by atoms with Crippen molar-refractivity contribution in [2.24, 2.45) is 4.99 Å². The Kier molecular flexibility index (Phi) is 5.74. The molecular formula is C16H19ClN2S. The largest absolute Gasteiger partial charge is 0.390 e. The van der Waals surface area contributed by atoms with E-state index in [-0.39, 0.29) is 0 Å². The number of nitrogens with one attached hydrogen (secondary N) is 1. The Morgan fingerprint density at radius 1 is 1.55 bits per heavy atom. The Morgan fingerprint density at radius 3 is 3.15 bits per heavy atom. The lowest BCUT2D eigenvalue weighted by molar-refractivity contribution is 0.993. The number of halogens is 1. The molecule has 0 saturated carbocycles. The Bertz CT molecular complexity index is 545. The highest BCUT2D eigenvalue weighted by Crippen LogP contribution is 2.39. The molecule has 0 fully saturated rings. The predicted molar refractivity (Wildman–Crippen MR) is 91.4 cm³/mol.